The normalized spacial score (nSPS) is 25.6. The Balaban J connectivity index is 1.91. The fraction of sp³-hybridized carbons (Fsp3) is 0.615. The number of rotatable bonds is 8. The van der Waals surface area contributed by atoms with E-state index >= 15 is 0 Å². The molecule has 3 heterocycles. The molecule has 0 bridgehead atoms. The Bertz CT molecular complexity index is 939. The van der Waals surface area contributed by atoms with Gasteiger partial charge in [0.25, 0.3) is 0 Å². The van der Waals surface area contributed by atoms with Crippen molar-refractivity contribution in [3.63, 3.8) is 0 Å². The van der Waals surface area contributed by atoms with E-state index < -0.39 is 41.5 Å². The van der Waals surface area contributed by atoms with Crippen molar-refractivity contribution in [1.29, 1.82) is 0 Å². The Labute approximate surface area is 164 Å². The number of nitrogens with zero attached hydrogens (tertiary/aromatic N) is 4. The zero-order chi connectivity index (χ0) is 20.5. The van der Waals surface area contributed by atoms with Gasteiger partial charge in [-0.3, -0.25) is 4.18 Å². The molecule has 0 aliphatic carbocycles. The molecule has 0 aromatic carbocycles. The molecule has 0 spiro atoms. The summed E-state index contributed by atoms with van der Waals surface area (Å²) in [7, 11) is -2.66. The number of anilines is 1. The van der Waals surface area contributed by atoms with Crippen LogP contribution in [-0.2, 0) is 24.0 Å². The van der Waals surface area contributed by atoms with E-state index in [4.69, 9.17) is 20.3 Å². The van der Waals surface area contributed by atoms with Gasteiger partial charge >= 0.3 is 10.3 Å². The maximum absolute atomic E-state index is 11.0. The summed E-state index contributed by atoms with van der Waals surface area (Å²) in [6.07, 6.45) is -3.93. The lowest BCUT2D eigenvalue weighted by molar-refractivity contribution is -0.0531. The van der Waals surface area contributed by atoms with Gasteiger partial charge in [0.1, 0.15) is 35.5 Å². The van der Waals surface area contributed by atoms with Crippen molar-refractivity contribution in [3.05, 3.63) is 6.33 Å². The maximum atomic E-state index is 11.0. The third-order valence-electron chi connectivity index (χ3n) is 3.99. The smallest absolute Gasteiger partial charge is 0.333 e. The van der Waals surface area contributed by atoms with Gasteiger partial charge in [-0.25, -0.2) is 19.8 Å². The van der Waals surface area contributed by atoms with Crippen LogP contribution in [-0.4, -0.2) is 82.8 Å². The van der Waals surface area contributed by atoms with E-state index in [1.807, 2.05) is 0 Å². The van der Waals surface area contributed by atoms with E-state index in [1.165, 1.54) is 22.8 Å². The van der Waals surface area contributed by atoms with Gasteiger partial charge in [0, 0.05) is 12.9 Å². The fourth-order valence-corrected chi connectivity index (χ4v) is 3.95. The summed E-state index contributed by atoms with van der Waals surface area (Å²) in [6.45, 7) is -0.0970. The van der Waals surface area contributed by atoms with Crippen molar-refractivity contribution in [1.82, 2.24) is 19.7 Å². The van der Waals surface area contributed by atoms with Crippen molar-refractivity contribution in [2.24, 2.45) is 5.14 Å². The van der Waals surface area contributed by atoms with Gasteiger partial charge in [-0.15, -0.1) is 11.8 Å². The number of aromatic nitrogens is 4. The summed E-state index contributed by atoms with van der Waals surface area (Å²) < 4.78 is 38.2. The Morgan fingerprint density at radius 1 is 1.36 bits per heavy atom. The molecule has 28 heavy (non-hydrogen) atoms. The molecule has 0 radical (unpaired) electrons. The Hall–Kier alpha value is -1.59. The molecule has 2 aromatic rings. The lowest BCUT2D eigenvalue weighted by Crippen LogP contribution is -2.35. The first-order valence-electron chi connectivity index (χ1n) is 8.02. The molecule has 1 aliphatic heterocycles. The summed E-state index contributed by atoms with van der Waals surface area (Å²) in [6, 6.07) is 0. The maximum Gasteiger partial charge on any atom is 0.333 e. The van der Waals surface area contributed by atoms with Crippen LogP contribution in [0.3, 0.4) is 0 Å². The Morgan fingerprint density at radius 2 is 2.11 bits per heavy atom. The minimum Gasteiger partial charge on any atom is -0.387 e. The van der Waals surface area contributed by atoms with E-state index in [1.54, 1.807) is 7.11 Å². The standard InChI is InChI=1S/C13H20N6O7S2/c1-24-2-3-27-12-7-10(14)16-5-17-11(7)19(18-12)13-9(21)8(20)6(26-13)4-25-28(15,22)23/h5-6,8-9,13,20-21H,2-4H2,1H3,(H2,14,16,17)(H2,15,22,23)/t6-,8-,9-,13-/m1/s1. The second-order valence-electron chi connectivity index (χ2n) is 5.87. The molecule has 1 aliphatic rings. The lowest BCUT2D eigenvalue weighted by Gasteiger charge is -2.15. The van der Waals surface area contributed by atoms with Crippen LogP contribution in [0.2, 0.25) is 0 Å². The Kier molecular flexibility index (Phi) is 6.35. The summed E-state index contributed by atoms with van der Waals surface area (Å²) in [5, 5.41) is 30.7. The number of nitrogens with two attached hydrogens (primary N) is 2. The average Bonchev–Trinajstić information content (AvgIpc) is 3.13. The topological polar surface area (TPSA) is 198 Å². The molecule has 4 atom stereocenters. The van der Waals surface area contributed by atoms with E-state index in [2.05, 4.69) is 19.2 Å². The van der Waals surface area contributed by atoms with Crippen LogP contribution < -0.4 is 10.9 Å². The second kappa shape index (κ2) is 8.42. The SMILES string of the molecule is COCCSc1nn([C@@H]2O[C@H](COS(N)(=O)=O)[C@@H](O)[C@H]2O)c2ncnc(N)c12. The number of nitrogen functional groups attached to an aromatic ring is 1. The van der Waals surface area contributed by atoms with Gasteiger partial charge in [0.05, 0.1) is 18.6 Å². The third kappa shape index (κ3) is 4.36. The van der Waals surface area contributed by atoms with Crippen molar-refractivity contribution in [2.45, 2.75) is 29.6 Å². The number of hydrogen-bond donors (Lipinski definition) is 4. The van der Waals surface area contributed by atoms with Crippen LogP contribution in [0.25, 0.3) is 11.0 Å². The number of fused-ring (bicyclic) bond motifs is 1. The minimum atomic E-state index is -4.23. The van der Waals surface area contributed by atoms with Crippen molar-refractivity contribution >= 4 is 38.9 Å². The summed E-state index contributed by atoms with van der Waals surface area (Å²) in [5.41, 5.74) is 6.24. The molecule has 6 N–H and O–H groups in total. The summed E-state index contributed by atoms with van der Waals surface area (Å²) in [5.74, 6) is 0.775. The van der Waals surface area contributed by atoms with Crippen LogP contribution in [0, 0.1) is 0 Å². The van der Waals surface area contributed by atoms with E-state index in [0.717, 1.165) is 0 Å². The molecule has 13 nitrogen and oxygen atoms in total. The summed E-state index contributed by atoms with van der Waals surface area (Å²) in [4.78, 5) is 8.11. The molecule has 15 heteroatoms. The predicted molar refractivity (Wildman–Crippen MR) is 97.3 cm³/mol. The number of ether oxygens (including phenoxy) is 2. The van der Waals surface area contributed by atoms with Crippen LogP contribution in [0.5, 0.6) is 0 Å². The van der Waals surface area contributed by atoms with Crippen LogP contribution in [0.1, 0.15) is 6.23 Å². The monoisotopic (exact) mass is 436 g/mol. The van der Waals surface area contributed by atoms with E-state index in [-0.39, 0.29) is 11.5 Å². The molecular formula is C13H20N6O7S2. The molecule has 0 unspecified atom stereocenters. The van der Waals surface area contributed by atoms with E-state index in [0.29, 0.717) is 22.8 Å². The molecular weight excluding hydrogens is 416 g/mol. The first-order valence-corrected chi connectivity index (χ1v) is 10.5. The molecule has 1 fully saturated rings. The zero-order valence-electron chi connectivity index (χ0n) is 14.7. The van der Waals surface area contributed by atoms with Crippen LogP contribution in [0.15, 0.2) is 11.4 Å². The fourth-order valence-electron chi connectivity index (χ4n) is 2.69. The largest absolute Gasteiger partial charge is 0.387 e. The van der Waals surface area contributed by atoms with Gasteiger partial charge in [-0.05, 0) is 0 Å². The summed E-state index contributed by atoms with van der Waals surface area (Å²) >= 11 is 1.35. The minimum absolute atomic E-state index is 0.193. The van der Waals surface area contributed by atoms with Crippen molar-refractivity contribution in [3.8, 4) is 0 Å². The number of thioether (sulfide) groups is 1. The van der Waals surface area contributed by atoms with Gasteiger partial charge in [-0.1, -0.05) is 0 Å². The third-order valence-corrected chi connectivity index (χ3v) is 5.38. The highest BCUT2D eigenvalue weighted by Gasteiger charge is 2.45. The Morgan fingerprint density at radius 3 is 2.79 bits per heavy atom. The van der Waals surface area contributed by atoms with Crippen molar-refractivity contribution in [2.75, 3.05) is 31.8 Å². The van der Waals surface area contributed by atoms with Crippen molar-refractivity contribution < 1.29 is 32.3 Å². The van der Waals surface area contributed by atoms with Crippen LogP contribution in [0.4, 0.5) is 5.82 Å². The molecule has 3 rings (SSSR count). The quantitative estimate of drug-likeness (QED) is 0.262. The predicted octanol–water partition coefficient (Wildman–Crippen LogP) is -2.01. The number of aliphatic hydroxyl groups is 2. The average molecular weight is 436 g/mol. The molecule has 0 amide bonds. The zero-order valence-corrected chi connectivity index (χ0v) is 16.3. The highest BCUT2D eigenvalue weighted by molar-refractivity contribution is 7.99. The van der Waals surface area contributed by atoms with Gasteiger partial charge in [-0.2, -0.15) is 13.5 Å². The van der Waals surface area contributed by atoms with Gasteiger partial charge < -0.3 is 25.4 Å². The van der Waals surface area contributed by atoms with Gasteiger partial charge in [0.2, 0.25) is 0 Å². The second-order valence-corrected chi connectivity index (χ2v) is 8.18. The molecule has 0 saturated carbocycles. The molecule has 156 valence electrons. The van der Waals surface area contributed by atoms with E-state index in [9.17, 15) is 18.6 Å². The number of methoxy groups -OCH3 is 1. The van der Waals surface area contributed by atoms with Gasteiger partial charge in [0.15, 0.2) is 11.9 Å². The first-order chi connectivity index (χ1) is 13.2. The number of aliphatic hydroxyl groups excluding tert-OH is 2. The molecule has 2 aromatic heterocycles. The number of hydrogen-bond acceptors (Lipinski definition) is 12. The lowest BCUT2D eigenvalue weighted by atomic mass is 10.1. The first kappa shape index (κ1) is 21.1. The highest BCUT2D eigenvalue weighted by atomic mass is 32.2. The molecule has 1 saturated heterocycles. The van der Waals surface area contributed by atoms with Crippen LogP contribution >= 0.6 is 11.8 Å². The highest BCUT2D eigenvalue weighted by Crippen LogP contribution is 2.36.